The van der Waals surface area contributed by atoms with Crippen LogP contribution in [-0.4, -0.2) is 51.4 Å². The van der Waals surface area contributed by atoms with Gasteiger partial charge in [0.05, 0.1) is 17.7 Å². The summed E-state index contributed by atoms with van der Waals surface area (Å²) < 4.78 is 33.7. The molecule has 3 aromatic carbocycles. The number of rotatable bonds is 12. The van der Waals surface area contributed by atoms with Crippen molar-refractivity contribution < 1.29 is 22.7 Å². The summed E-state index contributed by atoms with van der Waals surface area (Å²) >= 11 is 6.19. The van der Waals surface area contributed by atoms with Gasteiger partial charge in [-0.25, -0.2) is 8.42 Å². The number of halogens is 1. The summed E-state index contributed by atoms with van der Waals surface area (Å²) in [4.78, 5) is 28.3. The molecule has 3 rings (SSSR count). The molecule has 1 N–H and O–H groups in total. The number of ether oxygens (including phenoxy) is 1. The van der Waals surface area contributed by atoms with Crippen molar-refractivity contribution >= 4 is 39.1 Å². The Morgan fingerprint density at radius 3 is 2.24 bits per heavy atom. The van der Waals surface area contributed by atoms with Gasteiger partial charge in [-0.1, -0.05) is 54.9 Å². The summed E-state index contributed by atoms with van der Waals surface area (Å²) in [6, 6.07) is 20.5. The summed E-state index contributed by atoms with van der Waals surface area (Å²) in [5, 5.41) is 3.11. The second-order valence-corrected chi connectivity index (χ2v) is 10.8. The highest BCUT2D eigenvalue weighted by atomic mass is 35.5. The molecule has 0 bridgehead atoms. The summed E-state index contributed by atoms with van der Waals surface area (Å²) in [5.74, 6) is -0.182. The number of hydrogen-bond donors (Lipinski definition) is 1. The zero-order valence-electron chi connectivity index (χ0n) is 21.6. The second kappa shape index (κ2) is 13.3. The molecule has 0 unspecified atom stereocenters. The first-order valence-electron chi connectivity index (χ1n) is 12.2. The van der Waals surface area contributed by atoms with Gasteiger partial charge in [-0.2, -0.15) is 0 Å². The maximum absolute atomic E-state index is 13.9. The maximum atomic E-state index is 13.9. The zero-order chi connectivity index (χ0) is 27.7. The van der Waals surface area contributed by atoms with E-state index in [1.165, 1.54) is 23.1 Å². The third-order valence-corrected chi connectivity index (χ3v) is 7.98. The van der Waals surface area contributed by atoms with Crippen LogP contribution in [0.25, 0.3) is 0 Å². The van der Waals surface area contributed by atoms with Crippen LogP contribution in [0.15, 0.2) is 83.8 Å². The molecule has 202 valence electrons. The average Bonchev–Trinajstić information content (AvgIpc) is 2.92. The number of nitrogens with zero attached hydrogens (tertiary/aromatic N) is 2. The Balaban J connectivity index is 2.04. The minimum Gasteiger partial charge on any atom is -0.497 e. The van der Waals surface area contributed by atoms with E-state index in [9.17, 15) is 18.0 Å². The number of carbonyl (C=O) groups excluding carboxylic acids is 2. The van der Waals surface area contributed by atoms with E-state index < -0.39 is 28.5 Å². The van der Waals surface area contributed by atoms with Crippen molar-refractivity contribution in [2.24, 2.45) is 0 Å². The van der Waals surface area contributed by atoms with Gasteiger partial charge >= 0.3 is 0 Å². The van der Waals surface area contributed by atoms with Gasteiger partial charge in [-0.3, -0.25) is 13.9 Å². The first kappa shape index (κ1) is 29.0. The monoisotopic (exact) mass is 557 g/mol. The van der Waals surface area contributed by atoms with Crippen LogP contribution in [-0.2, 0) is 26.2 Å². The van der Waals surface area contributed by atoms with Crippen molar-refractivity contribution in [3.63, 3.8) is 0 Å². The lowest BCUT2D eigenvalue weighted by molar-refractivity contribution is -0.140. The summed E-state index contributed by atoms with van der Waals surface area (Å²) in [5.41, 5.74) is 1.01. The van der Waals surface area contributed by atoms with Crippen molar-refractivity contribution in [2.45, 2.75) is 37.8 Å². The molecule has 1 atom stereocenters. The predicted octanol–water partition coefficient (Wildman–Crippen LogP) is 4.49. The van der Waals surface area contributed by atoms with E-state index in [2.05, 4.69) is 5.32 Å². The van der Waals surface area contributed by atoms with Gasteiger partial charge in [0.25, 0.3) is 10.0 Å². The number of sulfonamides is 1. The highest BCUT2D eigenvalue weighted by molar-refractivity contribution is 7.92. The third-order valence-electron chi connectivity index (χ3n) is 5.96. The molecular formula is C28H32ClN3O5S. The SMILES string of the molecule is CCNC(=O)[C@@H](CC)N(Cc1ccc(OC)cc1)C(=O)CN(c1cccc(Cl)c1)S(=O)(=O)c1ccccc1. The fourth-order valence-corrected chi connectivity index (χ4v) is 5.63. The van der Waals surface area contributed by atoms with Crippen LogP contribution < -0.4 is 14.4 Å². The van der Waals surface area contributed by atoms with E-state index in [-0.39, 0.29) is 23.0 Å². The number of likely N-dealkylation sites (N-methyl/N-ethyl adjacent to an activating group) is 1. The van der Waals surface area contributed by atoms with Gasteiger partial charge in [0.15, 0.2) is 0 Å². The first-order valence-corrected chi connectivity index (χ1v) is 14.1. The number of anilines is 1. The highest BCUT2D eigenvalue weighted by Gasteiger charge is 2.33. The molecular weight excluding hydrogens is 526 g/mol. The molecule has 0 aliphatic rings. The molecule has 3 aromatic rings. The summed E-state index contributed by atoms with van der Waals surface area (Å²) in [7, 11) is -2.57. The molecule has 0 spiro atoms. The lowest BCUT2D eigenvalue weighted by Crippen LogP contribution is -2.52. The van der Waals surface area contributed by atoms with Crippen molar-refractivity contribution in [1.29, 1.82) is 0 Å². The number of methoxy groups -OCH3 is 1. The Bertz CT molecular complexity index is 1330. The van der Waals surface area contributed by atoms with Gasteiger partial charge in [-0.05, 0) is 61.4 Å². The first-order chi connectivity index (χ1) is 18.2. The Hall–Kier alpha value is -3.56. The van der Waals surface area contributed by atoms with Gasteiger partial charge in [0.2, 0.25) is 11.8 Å². The van der Waals surface area contributed by atoms with E-state index >= 15 is 0 Å². The van der Waals surface area contributed by atoms with Gasteiger partial charge < -0.3 is 15.0 Å². The van der Waals surface area contributed by atoms with Crippen molar-refractivity contribution in [1.82, 2.24) is 10.2 Å². The summed E-state index contributed by atoms with van der Waals surface area (Å²) in [6.45, 7) is 3.59. The fourth-order valence-electron chi connectivity index (χ4n) is 4.02. The molecule has 8 nitrogen and oxygen atoms in total. The predicted molar refractivity (Wildman–Crippen MR) is 149 cm³/mol. The topological polar surface area (TPSA) is 96.0 Å². The number of amides is 2. The number of benzene rings is 3. The van der Waals surface area contributed by atoms with Gasteiger partial charge in [-0.15, -0.1) is 0 Å². The number of hydrogen-bond acceptors (Lipinski definition) is 5. The standard InChI is InChI=1S/C28H32ClN3O5S/c1-4-26(28(34)30-5-2)31(19-21-14-16-24(37-3)17-15-21)27(33)20-32(23-11-9-10-22(29)18-23)38(35,36)25-12-7-6-8-13-25/h6-18,26H,4-5,19-20H2,1-3H3,(H,30,34)/t26-/m1/s1. The second-order valence-electron chi connectivity index (χ2n) is 8.49. The molecule has 0 saturated carbocycles. The van der Waals surface area contributed by atoms with E-state index in [4.69, 9.17) is 16.3 Å². The average molecular weight is 558 g/mol. The van der Waals surface area contributed by atoms with Gasteiger partial charge in [0.1, 0.15) is 18.3 Å². The van der Waals surface area contributed by atoms with Gasteiger partial charge in [0, 0.05) is 18.1 Å². The highest BCUT2D eigenvalue weighted by Crippen LogP contribution is 2.27. The van der Waals surface area contributed by atoms with Crippen molar-refractivity contribution in [3.8, 4) is 5.75 Å². The molecule has 2 amide bonds. The molecule has 0 aromatic heterocycles. The Morgan fingerprint density at radius 2 is 1.66 bits per heavy atom. The third kappa shape index (κ3) is 7.05. The number of nitrogens with one attached hydrogen (secondary N) is 1. The Kier molecular flexibility index (Phi) is 10.2. The Morgan fingerprint density at radius 1 is 0.974 bits per heavy atom. The lowest BCUT2D eigenvalue weighted by atomic mass is 10.1. The number of carbonyl (C=O) groups is 2. The van der Waals surface area contributed by atoms with E-state index in [0.29, 0.717) is 23.7 Å². The van der Waals surface area contributed by atoms with E-state index in [0.717, 1.165) is 9.87 Å². The fraction of sp³-hybridized carbons (Fsp3) is 0.286. The molecule has 0 fully saturated rings. The van der Waals surface area contributed by atoms with Crippen molar-refractivity contribution in [3.05, 3.63) is 89.4 Å². The maximum Gasteiger partial charge on any atom is 0.264 e. The van der Waals surface area contributed by atoms with E-state index in [1.54, 1.807) is 74.7 Å². The quantitative estimate of drug-likeness (QED) is 0.354. The smallest absolute Gasteiger partial charge is 0.264 e. The molecule has 0 aliphatic heterocycles. The molecule has 10 heteroatoms. The van der Waals surface area contributed by atoms with Crippen molar-refractivity contribution in [2.75, 3.05) is 24.5 Å². The largest absolute Gasteiger partial charge is 0.497 e. The summed E-state index contributed by atoms with van der Waals surface area (Å²) in [6.07, 6.45) is 0.344. The zero-order valence-corrected chi connectivity index (χ0v) is 23.2. The minimum atomic E-state index is -4.13. The van der Waals surface area contributed by atoms with Crippen LogP contribution in [0.1, 0.15) is 25.8 Å². The van der Waals surface area contributed by atoms with Crippen LogP contribution in [0.5, 0.6) is 5.75 Å². The van der Waals surface area contributed by atoms with Crippen LogP contribution in [0.3, 0.4) is 0 Å². The van der Waals surface area contributed by atoms with Crippen LogP contribution in [0.4, 0.5) is 5.69 Å². The van der Waals surface area contributed by atoms with E-state index in [1.807, 2.05) is 6.92 Å². The molecule has 0 aliphatic carbocycles. The van der Waals surface area contributed by atoms with Crippen LogP contribution >= 0.6 is 11.6 Å². The molecule has 0 heterocycles. The molecule has 0 saturated heterocycles. The molecule has 0 radical (unpaired) electrons. The van der Waals surface area contributed by atoms with Crippen LogP contribution in [0.2, 0.25) is 5.02 Å². The lowest BCUT2D eigenvalue weighted by Gasteiger charge is -2.33. The molecule has 38 heavy (non-hydrogen) atoms. The normalized spacial score (nSPS) is 11.9. The Labute approximate surface area is 229 Å². The van der Waals surface area contributed by atoms with Crippen LogP contribution in [0, 0.1) is 0 Å². The minimum absolute atomic E-state index is 0.0326.